The third kappa shape index (κ3) is 2.67. The van der Waals surface area contributed by atoms with Gasteiger partial charge in [0.05, 0.1) is 10.9 Å². The van der Waals surface area contributed by atoms with E-state index in [1.807, 2.05) is 30.3 Å². The summed E-state index contributed by atoms with van der Waals surface area (Å²) in [4.78, 5) is 12.7. The van der Waals surface area contributed by atoms with Crippen LogP contribution in [0.25, 0.3) is 22.1 Å². The van der Waals surface area contributed by atoms with E-state index >= 15 is 0 Å². The Labute approximate surface area is 134 Å². The summed E-state index contributed by atoms with van der Waals surface area (Å²) < 4.78 is 5.71. The molecule has 0 aliphatic rings. The molecule has 2 nitrogen and oxygen atoms in total. The minimum atomic E-state index is -0.0240. The van der Waals surface area contributed by atoms with E-state index in [-0.39, 0.29) is 10.8 Å². The van der Waals surface area contributed by atoms with Crippen LogP contribution in [-0.2, 0) is 5.41 Å². The molecular weight excluding hydrogens is 296 g/mol. The highest BCUT2D eigenvalue weighted by molar-refractivity contribution is 6.30. The van der Waals surface area contributed by atoms with Gasteiger partial charge in [-0.25, -0.2) is 0 Å². The van der Waals surface area contributed by atoms with Crippen LogP contribution in [0.2, 0.25) is 5.02 Å². The monoisotopic (exact) mass is 312 g/mol. The van der Waals surface area contributed by atoms with Crippen molar-refractivity contribution in [2.45, 2.75) is 26.2 Å². The first-order chi connectivity index (χ1) is 10.4. The highest BCUT2D eigenvalue weighted by atomic mass is 35.5. The minimum Gasteiger partial charge on any atom is -0.463 e. The second kappa shape index (κ2) is 5.29. The van der Waals surface area contributed by atoms with E-state index in [1.165, 1.54) is 6.26 Å². The van der Waals surface area contributed by atoms with Crippen molar-refractivity contribution in [1.82, 2.24) is 0 Å². The van der Waals surface area contributed by atoms with Crippen LogP contribution in [0.15, 0.2) is 57.9 Å². The molecule has 0 bridgehead atoms. The minimum absolute atomic E-state index is 0.0155. The van der Waals surface area contributed by atoms with Gasteiger partial charge in [0.25, 0.3) is 0 Å². The Kier molecular flexibility index (Phi) is 3.57. The van der Waals surface area contributed by atoms with Crippen molar-refractivity contribution in [3.8, 4) is 11.1 Å². The topological polar surface area (TPSA) is 30.2 Å². The maximum atomic E-state index is 12.7. The molecule has 0 unspecified atom stereocenters. The molecule has 0 radical (unpaired) electrons. The van der Waals surface area contributed by atoms with Crippen LogP contribution in [-0.4, -0.2) is 0 Å². The lowest BCUT2D eigenvalue weighted by Crippen LogP contribution is -2.12. The van der Waals surface area contributed by atoms with E-state index in [0.717, 1.165) is 11.1 Å². The van der Waals surface area contributed by atoms with Crippen molar-refractivity contribution in [2.24, 2.45) is 0 Å². The van der Waals surface area contributed by atoms with Gasteiger partial charge in [-0.2, -0.15) is 0 Å². The van der Waals surface area contributed by atoms with Gasteiger partial charge in [-0.3, -0.25) is 4.79 Å². The third-order valence-electron chi connectivity index (χ3n) is 3.80. The van der Waals surface area contributed by atoms with Crippen molar-refractivity contribution in [3.05, 3.63) is 69.5 Å². The van der Waals surface area contributed by atoms with E-state index < -0.39 is 0 Å². The van der Waals surface area contributed by atoms with Gasteiger partial charge in [0.2, 0.25) is 0 Å². The van der Waals surface area contributed by atoms with Crippen LogP contribution in [0.5, 0.6) is 0 Å². The van der Waals surface area contributed by atoms with E-state index in [9.17, 15) is 4.79 Å². The number of rotatable bonds is 1. The normalized spacial score (nSPS) is 11.8. The molecule has 0 aliphatic heterocycles. The molecule has 0 amide bonds. The fourth-order valence-electron chi connectivity index (χ4n) is 2.42. The molecule has 1 aromatic heterocycles. The summed E-state index contributed by atoms with van der Waals surface area (Å²) in [6.45, 7) is 6.40. The van der Waals surface area contributed by atoms with Crippen LogP contribution in [0.3, 0.4) is 0 Å². The van der Waals surface area contributed by atoms with E-state index in [1.54, 1.807) is 12.1 Å². The van der Waals surface area contributed by atoms with Gasteiger partial charge in [-0.05, 0) is 40.8 Å². The second-order valence-corrected chi connectivity index (χ2v) is 6.88. The lowest BCUT2D eigenvalue weighted by Gasteiger charge is -2.19. The molecule has 3 aromatic rings. The summed E-state index contributed by atoms with van der Waals surface area (Å²) in [5.41, 5.74) is 3.11. The van der Waals surface area contributed by atoms with Crippen molar-refractivity contribution < 1.29 is 4.42 Å². The van der Waals surface area contributed by atoms with Crippen LogP contribution in [0.1, 0.15) is 26.3 Å². The molecule has 0 atom stereocenters. The summed E-state index contributed by atoms with van der Waals surface area (Å²) in [7, 11) is 0. The van der Waals surface area contributed by atoms with Crippen molar-refractivity contribution >= 4 is 22.6 Å². The number of fused-ring (bicyclic) bond motifs is 1. The molecule has 3 heteroatoms. The van der Waals surface area contributed by atoms with Crippen LogP contribution in [0, 0.1) is 0 Å². The molecule has 0 saturated heterocycles. The van der Waals surface area contributed by atoms with E-state index in [0.29, 0.717) is 21.6 Å². The fraction of sp³-hybridized carbons (Fsp3) is 0.211. The zero-order valence-electron chi connectivity index (χ0n) is 12.8. The van der Waals surface area contributed by atoms with Gasteiger partial charge in [-0.15, -0.1) is 0 Å². The Bertz CT molecular complexity index is 884. The van der Waals surface area contributed by atoms with Crippen molar-refractivity contribution in [3.63, 3.8) is 0 Å². The average Bonchev–Trinajstić information content (AvgIpc) is 2.48. The molecule has 3 rings (SSSR count). The highest BCUT2D eigenvalue weighted by Crippen LogP contribution is 2.27. The molecule has 1 heterocycles. The Balaban J connectivity index is 2.18. The number of benzene rings is 2. The van der Waals surface area contributed by atoms with Gasteiger partial charge >= 0.3 is 0 Å². The predicted molar refractivity (Wildman–Crippen MR) is 91.6 cm³/mol. The van der Waals surface area contributed by atoms with E-state index in [4.69, 9.17) is 16.0 Å². The van der Waals surface area contributed by atoms with Crippen LogP contribution in [0.4, 0.5) is 0 Å². The van der Waals surface area contributed by atoms with E-state index in [2.05, 4.69) is 20.8 Å². The average molecular weight is 313 g/mol. The summed E-state index contributed by atoms with van der Waals surface area (Å²) in [6.07, 6.45) is 1.53. The standard InChI is InChI=1S/C19H17ClO2/c1-19(2,3)13-6-9-15-17(10-13)22-11-16(18(15)21)12-4-7-14(20)8-5-12/h4-11H,1-3H3. The lowest BCUT2D eigenvalue weighted by atomic mass is 9.86. The lowest BCUT2D eigenvalue weighted by molar-refractivity contribution is 0.579. The maximum Gasteiger partial charge on any atom is 0.200 e. The van der Waals surface area contributed by atoms with Gasteiger partial charge < -0.3 is 4.42 Å². The molecule has 112 valence electrons. The highest BCUT2D eigenvalue weighted by Gasteiger charge is 2.16. The molecule has 0 N–H and O–H groups in total. The summed E-state index contributed by atoms with van der Waals surface area (Å²) in [5.74, 6) is 0. The number of hydrogen-bond acceptors (Lipinski definition) is 2. The van der Waals surface area contributed by atoms with Gasteiger partial charge in [0.1, 0.15) is 11.8 Å². The third-order valence-corrected chi connectivity index (χ3v) is 4.05. The summed E-state index contributed by atoms with van der Waals surface area (Å²) in [5, 5.41) is 1.24. The Morgan fingerprint density at radius 1 is 1.00 bits per heavy atom. The van der Waals surface area contributed by atoms with Gasteiger partial charge in [-0.1, -0.05) is 50.6 Å². The number of halogens is 1. The van der Waals surface area contributed by atoms with Crippen LogP contribution < -0.4 is 5.43 Å². The summed E-state index contributed by atoms with van der Waals surface area (Å²) in [6, 6.07) is 13.0. The second-order valence-electron chi connectivity index (χ2n) is 6.45. The van der Waals surface area contributed by atoms with Crippen molar-refractivity contribution in [1.29, 1.82) is 0 Å². The Morgan fingerprint density at radius 3 is 2.32 bits per heavy atom. The zero-order valence-corrected chi connectivity index (χ0v) is 13.6. The Hall–Kier alpha value is -2.06. The molecule has 0 aliphatic carbocycles. The number of hydrogen-bond donors (Lipinski definition) is 0. The first-order valence-corrected chi connectivity index (χ1v) is 7.56. The molecule has 0 spiro atoms. The van der Waals surface area contributed by atoms with Gasteiger partial charge in [0, 0.05) is 5.02 Å². The molecule has 22 heavy (non-hydrogen) atoms. The maximum absolute atomic E-state index is 12.7. The largest absolute Gasteiger partial charge is 0.463 e. The molecule has 0 fully saturated rings. The smallest absolute Gasteiger partial charge is 0.200 e. The molecule has 0 saturated carbocycles. The molecular formula is C19H17ClO2. The quantitative estimate of drug-likeness (QED) is 0.601. The molecule has 2 aromatic carbocycles. The van der Waals surface area contributed by atoms with Gasteiger partial charge in [0.15, 0.2) is 5.43 Å². The fourth-order valence-corrected chi connectivity index (χ4v) is 2.55. The zero-order chi connectivity index (χ0) is 15.9. The SMILES string of the molecule is CC(C)(C)c1ccc2c(=O)c(-c3ccc(Cl)cc3)coc2c1. The first kappa shape index (κ1) is 14.9. The Morgan fingerprint density at radius 2 is 1.68 bits per heavy atom. The summed E-state index contributed by atoms with van der Waals surface area (Å²) >= 11 is 5.89. The first-order valence-electron chi connectivity index (χ1n) is 7.18. The van der Waals surface area contributed by atoms with Crippen molar-refractivity contribution in [2.75, 3.05) is 0 Å². The van der Waals surface area contributed by atoms with Crippen LogP contribution >= 0.6 is 11.6 Å². The predicted octanol–water partition coefficient (Wildman–Crippen LogP) is 5.41.